The summed E-state index contributed by atoms with van der Waals surface area (Å²) in [5, 5.41) is 14.9. The Hall–Kier alpha value is -2.11. The molecule has 0 amide bonds. The third-order valence-electron chi connectivity index (χ3n) is 3.46. The molecule has 0 spiro atoms. The van der Waals surface area contributed by atoms with Crippen molar-refractivity contribution < 1.29 is 19.4 Å². The Bertz CT molecular complexity index is 669. The van der Waals surface area contributed by atoms with Crippen molar-refractivity contribution >= 4 is 16.7 Å². The summed E-state index contributed by atoms with van der Waals surface area (Å²) in [7, 11) is 1.35. The van der Waals surface area contributed by atoms with E-state index in [0.29, 0.717) is 23.9 Å². The largest absolute Gasteiger partial charge is 0.490 e. The van der Waals surface area contributed by atoms with Gasteiger partial charge in [0.05, 0.1) is 12.7 Å². The fourth-order valence-electron chi connectivity index (χ4n) is 2.23. The van der Waals surface area contributed by atoms with E-state index < -0.39 is 6.10 Å². The molecule has 0 aliphatic heterocycles. The summed E-state index contributed by atoms with van der Waals surface area (Å²) in [5.74, 6) is 0.250. The smallest absolute Gasteiger partial charge is 0.337 e. The molecule has 2 N–H and O–H groups in total. The lowest BCUT2D eigenvalue weighted by Gasteiger charge is -2.16. The Morgan fingerprint density at radius 2 is 2.04 bits per heavy atom. The first-order valence-corrected chi connectivity index (χ1v) is 7.66. The third kappa shape index (κ3) is 4.68. The Balaban J connectivity index is 2.14. The van der Waals surface area contributed by atoms with E-state index in [2.05, 4.69) is 5.32 Å². The lowest BCUT2D eigenvalue weighted by atomic mass is 10.1. The average molecular weight is 317 g/mol. The molecule has 1 atom stereocenters. The van der Waals surface area contributed by atoms with Crippen LogP contribution in [0, 0.1) is 0 Å². The normalized spacial score (nSPS) is 12.4. The zero-order chi connectivity index (χ0) is 16.8. The van der Waals surface area contributed by atoms with Crippen molar-refractivity contribution in [1.82, 2.24) is 5.32 Å². The fourth-order valence-corrected chi connectivity index (χ4v) is 2.23. The van der Waals surface area contributed by atoms with Gasteiger partial charge in [0.25, 0.3) is 0 Å². The van der Waals surface area contributed by atoms with Crippen molar-refractivity contribution in [3.05, 3.63) is 42.0 Å². The third-order valence-corrected chi connectivity index (χ3v) is 3.46. The summed E-state index contributed by atoms with van der Waals surface area (Å²) in [5.41, 5.74) is 0.470. The van der Waals surface area contributed by atoms with Crippen LogP contribution in [0.15, 0.2) is 36.4 Å². The standard InChI is InChI=1S/C18H23NO4/c1-12(2)19-10-15(20)11-23-17-6-4-5-13-7-8-14(9-16(13)17)18(21)22-3/h4-9,12,15,19-20H,10-11H2,1-3H3/t15-/m0/s1. The Morgan fingerprint density at radius 1 is 1.26 bits per heavy atom. The molecule has 0 aliphatic rings. The van der Waals surface area contributed by atoms with Crippen LogP contribution < -0.4 is 10.1 Å². The molecule has 23 heavy (non-hydrogen) atoms. The predicted octanol–water partition coefficient (Wildman–Crippen LogP) is 2.36. The maximum absolute atomic E-state index is 11.7. The second kappa shape index (κ2) is 7.94. The molecule has 2 aromatic carbocycles. The highest BCUT2D eigenvalue weighted by molar-refractivity contribution is 5.97. The van der Waals surface area contributed by atoms with Gasteiger partial charge in [0.2, 0.25) is 0 Å². The number of hydrogen-bond donors (Lipinski definition) is 2. The van der Waals surface area contributed by atoms with Crippen LogP contribution in [0.2, 0.25) is 0 Å². The SMILES string of the molecule is COC(=O)c1ccc2cccc(OC[C@@H](O)CNC(C)C)c2c1. The van der Waals surface area contributed by atoms with E-state index in [0.717, 1.165) is 10.8 Å². The zero-order valence-corrected chi connectivity index (χ0v) is 13.7. The Morgan fingerprint density at radius 3 is 2.74 bits per heavy atom. The maximum Gasteiger partial charge on any atom is 0.337 e. The number of carbonyl (C=O) groups excluding carboxylic acids is 1. The summed E-state index contributed by atoms with van der Waals surface area (Å²) >= 11 is 0. The molecule has 5 nitrogen and oxygen atoms in total. The van der Waals surface area contributed by atoms with Gasteiger partial charge in [-0.25, -0.2) is 4.79 Å². The first-order chi connectivity index (χ1) is 11.0. The topological polar surface area (TPSA) is 67.8 Å². The van der Waals surface area contributed by atoms with Gasteiger partial charge in [-0.15, -0.1) is 0 Å². The van der Waals surface area contributed by atoms with E-state index in [1.54, 1.807) is 12.1 Å². The van der Waals surface area contributed by atoms with Gasteiger partial charge in [0, 0.05) is 18.0 Å². The van der Waals surface area contributed by atoms with Gasteiger partial charge in [-0.1, -0.05) is 32.0 Å². The number of rotatable bonds is 7. The van der Waals surface area contributed by atoms with Gasteiger partial charge in [-0.05, 0) is 23.6 Å². The number of carbonyl (C=O) groups is 1. The molecule has 2 rings (SSSR count). The van der Waals surface area contributed by atoms with Crippen molar-refractivity contribution in [1.29, 1.82) is 0 Å². The molecule has 0 fully saturated rings. The number of benzene rings is 2. The molecule has 0 saturated carbocycles. The van der Waals surface area contributed by atoms with E-state index in [1.807, 2.05) is 38.1 Å². The summed E-state index contributed by atoms with van der Waals surface area (Å²) < 4.78 is 10.5. The van der Waals surface area contributed by atoms with E-state index >= 15 is 0 Å². The second-order valence-electron chi connectivity index (χ2n) is 5.71. The summed E-state index contributed by atoms with van der Waals surface area (Å²) in [4.78, 5) is 11.7. The van der Waals surface area contributed by atoms with Crippen LogP contribution in [-0.4, -0.2) is 43.5 Å². The Labute approximate surface area is 136 Å². The van der Waals surface area contributed by atoms with Gasteiger partial charge >= 0.3 is 5.97 Å². The number of aliphatic hydroxyl groups excluding tert-OH is 1. The van der Waals surface area contributed by atoms with Crippen molar-refractivity contribution in [2.45, 2.75) is 26.0 Å². The minimum absolute atomic E-state index is 0.182. The van der Waals surface area contributed by atoms with Crippen LogP contribution in [0.4, 0.5) is 0 Å². The molecule has 0 unspecified atom stereocenters. The van der Waals surface area contributed by atoms with Crippen LogP contribution >= 0.6 is 0 Å². The highest BCUT2D eigenvalue weighted by Gasteiger charge is 2.11. The number of fused-ring (bicyclic) bond motifs is 1. The van der Waals surface area contributed by atoms with E-state index in [4.69, 9.17) is 9.47 Å². The molecular weight excluding hydrogens is 294 g/mol. The molecule has 0 heterocycles. The lowest BCUT2D eigenvalue weighted by Crippen LogP contribution is -2.35. The van der Waals surface area contributed by atoms with Crippen LogP contribution in [-0.2, 0) is 4.74 Å². The van der Waals surface area contributed by atoms with Crippen molar-refractivity contribution in [2.75, 3.05) is 20.3 Å². The quantitative estimate of drug-likeness (QED) is 0.767. The van der Waals surface area contributed by atoms with E-state index in [9.17, 15) is 9.90 Å². The monoisotopic (exact) mass is 317 g/mol. The predicted molar refractivity (Wildman–Crippen MR) is 89.9 cm³/mol. The average Bonchev–Trinajstić information content (AvgIpc) is 2.56. The number of hydrogen-bond acceptors (Lipinski definition) is 5. The number of ether oxygens (including phenoxy) is 2. The molecule has 124 valence electrons. The fraction of sp³-hybridized carbons (Fsp3) is 0.389. The van der Waals surface area contributed by atoms with Crippen LogP contribution in [0.1, 0.15) is 24.2 Å². The molecule has 2 aromatic rings. The number of aliphatic hydroxyl groups is 1. The zero-order valence-electron chi connectivity index (χ0n) is 13.7. The molecule has 0 aliphatic carbocycles. The summed E-state index contributed by atoms with van der Waals surface area (Å²) in [6.07, 6.45) is -0.601. The number of esters is 1. The Kier molecular flexibility index (Phi) is 5.96. The van der Waals surface area contributed by atoms with Gasteiger partial charge in [0.15, 0.2) is 0 Å². The first kappa shape index (κ1) is 17.2. The van der Waals surface area contributed by atoms with Crippen LogP contribution in [0.25, 0.3) is 10.8 Å². The molecule has 0 saturated heterocycles. The molecular formula is C18H23NO4. The van der Waals surface area contributed by atoms with E-state index in [-0.39, 0.29) is 12.6 Å². The van der Waals surface area contributed by atoms with Gasteiger partial charge in [-0.2, -0.15) is 0 Å². The van der Waals surface area contributed by atoms with Crippen LogP contribution in [0.3, 0.4) is 0 Å². The minimum Gasteiger partial charge on any atom is -0.490 e. The molecule has 0 radical (unpaired) electrons. The van der Waals surface area contributed by atoms with Crippen LogP contribution in [0.5, 0.6) is 5.75 Å². The lowest BCUT2D eigenvalue weighted by molar-refractivity contribution is 0.0601. The molecule has 0 bridgehead atoms. The van der Waals surface area contributed by atoms with Crippen molar-refractivity contribution in [3.63, 3.8) is 0 Å². The highest BCUT2D eigenvalue weighted by Crippen LogP contribution is 2.27. The van der Waals surface area contributed by atoms with Gasteiger partial charge in [0.1, 0.15) is 18.5 Å². The maximum atomic E-state index is 11.7. The number of methoxy groups -OCH3 is 1. The van der Waals surface area contributed by atoms with Crippen molar-refractivity contribution in [2.24, 2.45) is 0 Å². The second-order valence-corrected chi connectivity index (χ2v) is 5.71. The molecule has 0 aromatic heterocycles. The van der Waals surface area contributed by atoms with Gasteiger partial charge in [-0.3, -0.25) is 0 Å². The summed E-state index contributed by atoms with van der Waals surface area (Å²) in [6.45, 7) is 4.69. The first-order valence-electron chi connectivity index (χ1n) is 7.66. The highest BCUT2D eigenvalue weighted by atomic mass is 16.5. The minimum atomic E-state index is -0.601. The molecule has 5 heteroatoms. The van der Waals surface area contributed by atoms with E-state index in [1.165, 1.54) is 7.11 Å². The summed E-state index contributed by atoms with van der Waals surface area (Å²) in [6, 6.07) is 11.3. The van der Waals surface area contributed by atoms with Gasteiger partial charge < -0.3 is 19.9 Å². The van der Waals surface area contributed by atoms with Crippen molar-refractivity contribution in [3.8, 4) is 5.75 Å². The number of nitrogens with one attached hydrogen (secondary N) is 1.